The van der Waals surface area contributed by atoms with E-state index in [-0.39, 0.29) is 23.8 Å². The molecule has 3 unspecified atom stereocenters. The van der Waals surface area contributed by atoms with Gasteiger partial charge in [-0.05, 0) is 73.6 Å². The first-order valence-electron chi connectivity index (χ1n) is 14.4. The molecule has 2 fully saturated rings. The fourth-order valence-electron chi connectivity index (χ4n) is 6.66. The van der Waals surface area contributed by atoms with Crippen LogP contribution in [0.4, 0.5) is 10.5 Å². The molecule has 3 atom stereocenters. The van der Waals surface area contributed by atoms with Crippen LogP contribution in [0.25, 0.3) is 27.6 Å². The monoisotopic (exact) mass is 591 g/mol. The number of rotatable bonds is 5. The number of carbonyl (C=O) groups is 2. The number of urea groups is 1. The summed E-state index contributed by atoms with van der Waals surface area (Å²) in [6, 6.07) is 20.7. The lowest BCUT2D eigenvalue weighted by molar-refractivity contribution is -0.124. The van der Waals surface area contributed by atoms with Crippen molar-refractivity contribution in [3.8, 4) is 22.6 Å². The summed E-state index contributed by atoms with van der Waals surface area (Å²) in [4.78, 5) is 32.8. The number of methoxy groups -OCH3 is 1. The molecule has 1 saturated carbocycles. The van der Waals surface area contributed by atoms with E-state index in [1.165, 1.54) is 4.90 Å². The van der Waals surface area contributed by atoms with Crippen molar-refractivity contribution in [2.24, 2.45) is 5.92 Å². The lowest BCUT2D eigenvalue weighted by Gasteiger charge is -2.43. The van der Waals surface area contributed by atoms with E-state index in [2.05, 4.69) is 16.4 Å². The Morgan fingerprint density at radius 1 is 0.953 bits per heavy atom. The SMILES string of the molecule is COc1ccc(-n2cc(-c3cccc(Cl)c3C3CCC4C(=O)N(c5cncc6ccccc56)C(=O)NC4C3)c(C)n2)cc1. The second-order valence-electron chi connectivity index (χ2n) is 11.2. The zero-order valence-electron chi connectivity index (χ0n) is 23.8. The molecule has 8 nitrogen and oxygen atoms in total. The number of benzene rings is 3. The second kappa shape index (κ2) is 10.9. The zero-order valence-corrected chi connectivity index (χ0v) is 24.6. The summed E-state index contributed by atoms with van der Waals surface area (Å²) in [5.74, 6) is 0.345. The van der Waals surface area contributed by atoms with Gasteiger partial charge in [-0.15, -0.1) is 0 Å². The predicted octanol–water partition coefficient (Wildman–Crippen LogP) is 7.07. The Morgan fingerprint density at radius 2 is 1.77 bits per heavy atom. The van der Waals surface area contributed by atoms with Crippen LogP contribution in [-0.4, -0.2) is 39.9 Å². The third-order valence-corrected chi connectivity index (χ3v) is 9.10. The van der Waals surface area contributed by atoms with Crippen molar-refractivity contribution >= 4 is 40.0 Å². The molecule has 5 aromatic rings. The average molecular weight is 592 g/mol. The number of hydrogen-bond acceptors (Lipinski definition) is 5. The highest BCUT2D eigenvalue weighted by Gasteiger charge is 2.46. The smallest absolute Gasteiger partial charge is 0.329 e. The third-order valence-electron chi connectivity index (χ3n) is 8.78. The molecule has 0 radical (unpaired) electrons. The number of pyridine rings is 1. The van der Waals surface area contributed by atoms with Gasteiger partial charge in [-0.1, -0.05) is 48.0 Å². The number of carbonyl (C=O) groups excluding carboxylic acids is 2. The molecule has 1 N–H and O–H groups in total. The van der Waals surface area contributed by atoms with Gasteiger partial charge in [-0.2, -0.15) is 5.10 Å². The van der Waals surface area contributed by atoms with Crippen LogP contribution in [0.5, 0.6) is 5.75 Å². The minimum atomic E-state index is -0.416. The number of halogens is 1. The molecule has 0 spiro atoms. The number of aryl methyl sites for hydroxylation is 1. The van der Waals surface area contributed by atoms with E-state index >= 15 is 0 Å². The molecule has 2 aromatic heterocycles. The number of nitrogens with zero attached hydrogens (tertiary/aromatic N) is 4. The van der Waals surface area contributed by atoms with Gasteiger partial charge in [0.1, 0.15) is 5.75 Å². The zero-order chi connectivity index (χ0) is 29.7. The normalized spacial score (nSPS) is 20.2. The quantitative estimate of drug-likeness (QED) is 0.236. The van der Waals surface area contributed by atoms with Gasteiger partial charge in [0.25, 0.3) is 0 Å². The second-order valence-corrected chi connectivity index (χ2v) is 11.6. The largest absolute Gasteiger partial charge is 0.497 e. The number of anilines is 1. The summed E-state index contributed by atoms with van der Waals surface area (Å²) in [7, 11) is 1.65. The van der Waals surface area contributed by atoms with Crippen molar-refractivity contribution in [3.63, 3.8) is 0 Å². The summed E-state index contributed by atoms with van der Waals surface area (Å²) < 4.78 is 7.16. The predicted molar refractivity (Wildman–Crippen MR) is 167 cm³/mol. The highest BCUT2D eigenvalue weighted by molar-refractivity contribution is 6.32. The number of ether oxygens (including phenoxy) is 1. The third kappa shape index (κ3) is 4.72. The molecule has 3 heterocycles. The first kappa shape index (κ1) is 27.2. The van der Waals surface area contributed by atoms with Gasteiger partial charge in [0.05, 0.1) is 36.3 Å². The van der Waals surface area contributed by atoms with E-state index in [9.17, 15) is 9.59 Å². The fourth-order valence-corrected chi connectivity index (χ4v) is 6.99. The van der Waals surface area contributed by atoms with Gasteiger partial charge in [0, 0.05) is 39.8 Å². The fraction of sp³-hybridized carbons (Fsp3) is 0.235. The minimum Gasteiger partial charge on any atom is -0.497 e. The Morgan fingerprint density at radius 3 is 2.58 bits per heavy atom. The molecule has 9 heteroatoms. The molecular weight excluding hydrogens is 562 g/mol. The van der Waals surface area contributed by atoms with E-state index in [1.807, 2.05) is 78.5 Å². The molecule has 216 valence electrons. The molecule has 1 aliphatic heterocycles. The van der Waals surface area contributed by atoms with E-state index in [0.717, 1.165) is 51.0 Å². The Balaban J connectivity index is 1.18. The summed E-state index contributed by atoms with van der Waals surface area (Å²) in [6.07, 6.45) is 7.38. The minimum absolute atomic E-state index is 0.0626. The van der Waals surface area contributed by atoms with Crippen molar-refractivity contribution in [3.05, 3.63) is 102 Å². The summed E-state index contributed by atoms with van der Waals surface area (Å²) >= 11 is 6.90. The van der Waals surface area contributed by atoms with Crippen molar-refractivity contribution in [2.45, 2.75) is 38.1 Å². The molecule has 3 aromatic carbocycles. The number of nitrogens with one attached hydrogen (secondary N) is 1. The number of hydrogen-bond donors (Lipinski definition) is 1. The van der Waals surface area contributed by atoms with Crippen LogP contribution in [0.1, 0.15) is 36.4 Å². The lowest BCUT2D eigenvalue weighted by Crippen LogP contribution is -2.61. The summed E-state index contributed by atoms with van der Waals surface area (Å²) in [5.41, 5.74) is 5.36. The highest BCUT2D eigenvalue weighted by Crippen LogP contribution is 2.45. The summed E-state index contributed by atoms with van der Waals surface area (Å²) in [5, 5.41) is 10.3. The molecule has 2 aliphatic rings. The lowest BCUT2D eigenvalue weighted by atomic mass is 9.72. The van der Waals surface area contributed by atoms with Gasteiger partial charge in [-0.25, -0.2) is 14.4 Å². The van der Waals surface area contributed by atoms with Crippen LogP contribution in [-0.2, 0) is 4.79 Å². The van der Waals surface area contributed by atoms with Crippen LogP contribution >= 0.6 is 11.6 Å². The first-order valence-corrected chi connectivity index (χ1v) is 14.8. The first-order chi connectivity index (χ1) is 20.9. The maximum absolute atomic E-state index is 13.8. The molecule has 1 saturated heterocycles. The Kier molecular flexibility index (Phi) is 6.86. The Hall–Kier alpha value is -4.69. The van der Waals surface area contributed by atoms with Crippen molar-refractivity contribution in [2.75, 3.05) is 12.0 Å². The number of imide groups is 1. The van der Waals surface area contributed by atoms with Gasteiger partial charge >= 0.3 is 6.03 Å². The van der Waals surface area contributed by atoms with Crippen molar-refractivity contribution in [1.82, 2.24) is 20.1 Å². The van der Waals surface area contributed by atoms with Crippen LogP contribution < -0.4 is 15.0 Å². The van der Waals surface area contributed by atoms with Crippen molar-refractivity contribution in [1.29, 1.82) is 0 Å². The molecular formula is C34H30ClN5O3. The molecule has 1 aliphatic carbocycles. The maximum atomic E-state index is 13.8. The topological polar surface area (TPSA) is 89.4 Å². The molecule has 43 heavy (non-hydrogen) atoms. The van der Waals surface area contributed by atoms with E-state index < -0.39 is 6.03 Å². The number of amides is 3. The molecule has 0 bridgehead atoms. The van der Waals surface area contributed by atoms with Gasteiger partial charge in [0.2, 0.25) is 5.91 Å². The van der Waals surface area contributed by atoms with Crippen LogP contribution in [0.15, 0.2) is 85.3 Å². The van der Waals surface area contributed by atoms with E-state index in [1.54, 1.807) is 19.5 Å². The van der Waals surface area contributed by atoms with E-state index in [4.69, 9.17) is 21.4 Å². The average Bonchev–Trinajstić information content (AvgIpc) is 3.42. The Bertz CT molecular complexity index is 1860. The van der Waals surface area contributed by atoms with Crippen LogP contribution in [0.3, 0.4) is 0 Å². The summed E-state index contributed by atoms with van der Waals surface area (Å²) in [6.45, 7) is 1.99. The molecule has 7 rings (SSSR count). The molecule has 3 amide bonds. The van der Waals surface area contributed by atoms with E-state index in [0.29, 0.717) is 23.6 Å². The van der Waals surface area contributed by atoms with Crippen LogP contribution in [0.2, 0.25) is 5.02 Å². The number of aromatic nitrogens is 3. The van der Waals surface area contributed by atoms with Gasteiger partial charge in [0.15, 0.2) is 0 Å². The van der Waals surface area contributed by atoms with Crippen LogP contribution in [0, 0.1) is 12.8 Å². The standard InChI is InChI=1S/C34H30ClN5O3/c1-20-28(19-39(38-20)23-11-13-24(43-2)14-12-23)26-8-5-9-29(35)32(26)21-10-15-27-30(16-21)37-34(42)40(33(27)41)31-18-36-17-22-6-3-4-7-25(22)31/h3-9,11-14,17-19,21,27,30H,10,15-16H2,1-2H3,(H,37,42). The maximum Gasteiger partial charge on any atom is 0.329 e. The van der Waals surface area contributed by atoms with Gasteiger partial charge in [-0.3, -0.25) is 9.78 Å². The highest BCUT2D eigenvalue weighted by atomic mass is 35.5. The number of fused-ring (bicyclic) bond motifs is 2. The van der Waals surface area contributed by atoms with Crippen molar-refractivity contribution < 1.29 is 14.3 Å². The Labute approximate surface area is 254 Å². The van der Waals surface area contributed by atoms with Gasteiger partial charge < -0.3 is 10.1 Å².